The highest BCUT2D eigenvalue weighted by atomic mass is 16.3. The number of aliphatic hydroxyl groups excluding tert-OH is 1. The van der Waals surface area contributed by atoms with Gasteiger partial charge in [-0.05, 0) is 25.5 Å². The van der Waals surface area contributed by atoms with Crippen molar-refractivity contribution in [3.8, 4) is 0 Å². The Morgan fingerprint density at radius 1 is 1.21 bits per heavy atom. The predicted molar refractivity (Wildman–Crippen MR) is 72.1 cm³/mol. The number of ketones is 2. The van der Waals surface area contributed by atoms with Crippen molar-refractivity contribution in [3.63, 3.8) is 0 Å². The summed E-state index contributed by atoms with van der Waals surface area (Å²) in [5.41, 5.74) is 1.22. The average Bonchev–Trinajstić information content (AvgIpc) is 2.36. The summed E-state index contributed by atoms with van der Waals surface area (Å²) < 4.78 is 0. The topological polar surface area (TPSA) is 78.2 Å². The quantitative estimate of drug-likeness (QED) is 0.817. The monoisotopic (exact) mass is 257 g/mol. The molecule has 0 fully saturated rings. The van der Waals surface area contributed by atoms with E-state index in [1.54, 1.807) is 18.2 Å². The van der Waals surface area contributed by atoms with Crippen LogP contribution in [-0.4, -0.2) is 22.4 Å². The first-order chi connectivity index (χ1) is 8.97. The minimum absolute atomic E-state index is 0.0190. The van der Waals surface area contributed by atoms with Gasteiger partial charge in [0.05, 0.1) is 5.57 Å². The summed E-state index contributed by atoms with van der Waals surface area (Å²) >= 11 is 0. The summed E-state index contributed by atoms with van der Waals surface area (Å²) in [7, 11) is 0. The first kappa shape index (κ1) is 13.2. The van der Waals surface area contributed by atoms with Crippen LogP contribution >= 0.6 is 0 Å². The Hall–Kier alpha value is -2.23. The smallest absolute Gasteiger partial charge is 0.228 e. The SMILES string of the molecule is CCCC(=N)C1=C(O)C(=O)c2ccc(C)cc2C1=O. The molecule has 0 heterocycles. The first-order valence-corrected chi connectivity index (χ1v) is 6.18. The molecule has 4 heteroatoms. The number of hydrogen-bond donors (Lipinski definition) is 2. The van der Waals surface area contributed by atoms with Crippen molar-refractivity contribution in [2.24, 2.45) is 0 Å². The molecule has 1 aromatic carbocycles. The van der Waals surface area contributed by atoms with Crippen LogP contribution in [0.3, 0.4) is 0 Å². The second-order valence-corrected chi connectivity index (χ2v) is 4.66. The van der Waals surface area contributed by atoms with Crippen LogP contribution in [0.15, 0.2) is 29.5 Å². The van der Waals surface area contributed by atoms with Crippen LogP contribution in [0.2, 0.25) is 0 Å². The molecule has 1 aromatic rings. The minimum Gasteiger partial charge on any atom is -0.504 e. The fraction of sp³-hybridized carbons (Fsp3) is 0.267. The molecule has 2 N–H and O–H groups in total. The Kier molecular flexibility index (Phi) is 3.34. The normalized spacial score (nSPS) is 14.6. The maximum absolute atomic E-state index is 12.3. The van der Waals surface area contributed by atoms with E-state index in [4.69, 9.17) is 5.41 Å². The van der Waals surface area contributed by atoms with Crippen LogP contribution in [-0.2, 0) is 0 Å². The Bertz CT molecular complexity index is 626. The number of nitrogens with one attached hydrogen (secondary N) is 1. The molecule has 0 aromatic heterocycles. The number of aryl methyl sites for hydroxylation is 1. The van der Waals surface area contributed by atoms with E-state index in [-0.39, 0.29) is 22.4 Å². The maximum Gasteiger partial charge on any atom is 0.228 e. The summed E-state index contributed by atoms with van der Waals surface area (Å²) in [6, 6.07) is 4.89. The fourth-order valence-corrected chi connectivity index (χ4v) is 2.18. The van der Waals surface area contributed by atoms with Crippen molar-refractivity contribution in [3.05, 3.63) is 46.2 Å². The lowest BCUT2D eigenvalue weighted by molar-refractivity contribution is 0.0934. The van der Waals surface area contributed by atoms with Crippen LogP contribution in [0.5, 0.6) is 0 Å². The summed E-state index contributed by atoms with van der Waals surface area (Å²) in [6.45, 7) is 3.70. The molecule has 0 atom stereocenters. The number of allylic oxidation sites excluding steroid dienone is 2. The van der Waals surface area contributed by atoms with Gasteiger partial charge in [-0.2, -0.15) is 0 Å². The molecular weight excluding hydrogens is 242 g/mol. The van der Waals surface area contributed by atoms with Gasteiger partial charge < -0.3 is 10.5 Å². The van der Waals surface area contributed by atoms with Crippen molar-refractivity contribution >= 4 is 17.3 Å². The molecule has 0 saturated carbocycles. The third-order valence-electron chi connectivity index (χ3n) is 3.15. The molecule has 1 aliphatic carbocycles. The second kappa shape index (κ2) is 4.80. The fourth-order valence-electron chi connectivity index (χ4n) is 2.18. The van der Waals surface area contributed by atoms with Gasteiger partial charge in [-0.1, -0.05) is 25.0 Å². The highest BCUT2D eigenvalue weighted by molar-refractivity contribution is 6.36. The van der Waals surface area contributed by atoms with Gasteiger partial charge in [-0.15, -0.1) is 0 Å². The number of fused-ring (bicyclic) bond motifs is 1. The molecular formula is C15H15NO3. The average molecular weight is 257 g/mol. The van der Waals surface area contributed by atoms with Gasteiger partial charge in [0.1, 0.15) is 0 Å². The van der Waals surface area contributed by atoms with Gasteiger partial charge in [0, 0.05) is 16.8 Å². The molecule has 2 rings (SSSR count). The number of Topliss-reactive ketones (excluding diaryl/α,β-unsaturated/α-hetero) is 2. The highest BCUT2D eigenvalue weighted by Crippen LogP contribution is 2.27. The molecule has 0 radical (unpaired) electrons. The van der Waals surface area contributed by atoms with Crippen LogP contribution in [0.4, 0.5) is 0 Å². The van der Waals surface area contributed by atoms with Crippen molar-refractivity contribution in [1.82, 2.24) is 0 Å². The zero-order valence-electron chi connectivity index (χ0n) is 10.9. The Labute approximate surface area is 111 Å². The van der Waals surface area contributed by atoms with E-state index >= 15 is 0 Å². The molecule has 0 bridgehead atoms. The van der Waals surface area contributed by atoms with Crippen LogP contribution in [0, 0.1) is 12.3 Å². The van der Waals surface area contributed by atoms with Crippen molar-refractivity contribution in [2.75, 3.05) is 0 Å². The Balaban J connectivity index is 2.59. The Morgan fingerprint density at radius 3 is 2.53 bits per heavy atom. The molecule has 0 spiro atoms. The summed E-state index contributed by atoms with van der Waals surface area (Å²) in [6.07, 6.45) is 1.04. The van der Waals surface area contributed by atoms with Gasteiger partial charge in [-0.3, -0.25) is 9.59 Å². The van der Waals surface area contributed by atoms with E-state index < -0.39 is 17.3 Å². The van der Waals surface area contributed by atoms with Crippen LogP contribution in [0.1, 0.15) is 46.0 Å². The lowest BCUT2D eigenvalue weighted by Gasteiger charge is -2.18. The van der Waals surface area contributed by atoms with Crippen LogP contribution < -0.4 is 0 Å². The number of aliphatic hydroxyl groups is 1. The molecule has 4 nitrogen and oxygen atoms in total. The van der Waals surface area contributed by atoms with E-state index in [1.807, 2.05) is 13.8 Å². The standard InChI is InChI=1S/C15H15NO3/c1-3-4-11(16)12-13(17)10-7-8(2)5-6-9(10)14(18)15(12)19/h5-7,16,19H,3-4H2,1-2H3. The molecule has 0 amide bonds. The number of carbonyl (C=O) groups is 2. The predicted octanol–water partition coefficient (Wildman–Crippen LogP) is 3.01. The molecule has 0 unspecified atom stereocenters. The van der Waals surface area contributed by atoms with Gasteiger partial charge in [0.2, 0.25) is 5.78 Å². The number of rotatable bonds is 3. The summed E-state index contributed by atoms with van der Waals surface area (Å²) in [5, 5.41) is 17.7. The largest absolute Gasteiger partial charge is 0.504 e. The first-order valence-electron chi connectivity index (χ1n) is 6.18. The third-order valence-corrected chi connectivity index (χ3v) is 3.15. The molecule has 98 valence electrons. The minimum atomic E-state index is -0.597. The lowest BCUT2D eigenvalue weighted by Crippen LogP contribution is -2.26. The highest BCUT2D eigenvalue weighted by Gasteiger charge is 2.33. The Morgan fingerprint density at radius 2 is 1.89 bits per heavy atom. The van der Waals surface area contributed by atoms with E-state index in [2.05, 4.69) is 0 Å². The van der Waals surface area contributed by atoms with Gasteiger partial charge in [0.15, 0.2) is 11.5 Å². The van der Waals surface area contributed by atoms with Crippen molar-refractivity contribution in [2.45, 2.75) is 26.7 Å². The van der Waals surface area contributed by atoms with E-state index in [1.165, 1.54) is 0 Å². The van der Waals surface area contributed by atoms with Gasteiger partial charge in [0.25, 0.3) is 0 Å². The van der Waals surface area contributed by atoms with Crippen molar-refractivity contribution in [1.29, 1.82) is 5.41 Å². The summed E-state index contributed by atoms with van der Waals surface area (Å²) in [4.78, 5) is 24.4. The van der Waals surface area contributed by atoms with Gasteiger partial charge >= 0.3 is 0 Å². The van der Waals surface area contributed by atoms with Gasteiger partial charge in [-0.25, -0.2) is 0 Å². The van der Waals surface area contributed by atoms with E-state index in [0.29, 0.717) is 12.8 Å². The zero-order chi connectivity index (χ0) is 14.2. The zero-order valence-corrected chi connectivity index (χ0v) is 10.9. The molecule has 0 saturated heterocycles. The van der Waals surface area contributed by atoms with Crippen molar-refractivity contribution < 1.29 is 14.7 Å². The van der Waals surface area contributed by atoms with E-state index in [0.717, 1.165) is 5.56 Å². The molecule has 1 aliphatic rings. The number of hydrogen-bond acceptors (Lipinski definition) is 4. The van der Waals surface area contributed by atoms with Crippen LogP contribution in [0.25, 0.3) is 0 Å². The second-order valence-electron chi connectivity index (χ2n) is 4.66. The molecule has 19 heavy (non-hydrogen) atoms. The maximum atomic E-state index is 12.3. The number of benzene rings is 1. The lowest BCUT2D eigenvalue weighted by atomic mass is 9.84. The molecule has 0 aliphatic heterocycles. The third kappa shape index (κ3) is 2.10. The summed E-state index contributed by atoms with van der Waals surface area (Å²) in [5.74, 6) is -1.61. The van der Waals surface area contributed by atoms with E-state index in [9.17, 15) is 14.7 Å². The number of carbonyl (C=O) groups excluding carboxylic acids is 2.